The number of hydrogen-bond donors (Lipinski definition) is 1. The molecule has 0 heterocycles. The molecule has 2 nitrogen and oxygen atoms in total. The van der Waals surface area contributed by atoms with E-state index in [1.165, 1.54) is 63.4 Å². The Morgan fingerprint density at radius 2 is 1.96 bits per heavy atom. The lowest BCUT2D eigenvalue weighted by Gasteiger charge is -2.35. The van der Waals surface area contributed by atoms with Crippen molar-refractivity contribution in [3.63, 3.8) is 0 Å². The van der Waals surface area contributed by atoms with Crippen molar-refractivity contribution in [1.82, 2.24) is 0 Å². The number of fused-ring (bicyclic) bond motifs is 1. The summed E-state index contributed by atoms with van der Waals surface area (Å²) in [4.78, 5) is 0. The second-order valence-electron chi connectivity index (χ2n) is 8.34. The number of rotatable bonds is 7. The van der Waals surface area contributed by atoms with Gasteiger partial charge in [-0.05, 0) is 67.6 Å². The molecule has 25 heavy (non-hydrogen) atoms. The minimum absolute atomic E-state index is 0.510. The van der Waals surface area contributed by atoms with E-state index in [4.69, 9.17) is 5.53 Å². The van der Waals surface area contributed by atoms with Gasteiger partial charge in [0.15, 0.2) is 0 Å². The molecule has 2 heteroatoms. The van der Waals surface area contributed by atoms with Crippen LogP contribution in [-0.2, 0) is 0 Å². The van der Waals surface area contributed by atoms with E-state index in [-0.39, 0.29) is 0 Å². The molecule has 0 spiro atoms. The normalized spacial score (nSPS) is 30.0. The summed E-state index contributed by atoms with van der Waals surface area (Å²) in [6, 6.07) is 0. The first-order valence-corrected chi connectivity index (χ1v) is 10.4. The molecule has 0 aromatic carbocycles. The van der Waals surface area contributed by atoms with Crippen molar-refractivity contribution >= 4 is 0 Å². The van der Waals surface area contributed by atoms with Gasteiger partial charge in [0, 0.05) is 5.92 Å². The lowest BCUT2D eigenvalue weighted by molar-refractivity contribution is 0.216. The van der Waals surface area contributed by atoms with E-state index in [2.05, 4.69) is 43.3 Å². The Bertz CT molecular complexity index is 585. The van der Waals surface area contributed by atoms with E-state index in [1.54, 1.807) is 5.57 Å². The second-order valence-corrected chi connectivity index (χ2v) is 8.34. The van der Waals surface area contributed by atoms with Crippen molar-refractivity contribution in [3.05, 3.63) is 47.2 Å². The van der Waals surface area contributed by atoms with Crippen LogP contribution in [0, 0.1) is 29.2 Å². The molecular formula is C23H34N2. The van der Waals surface area contributed by atoms with Gasteiger partial charge in [-0.3, -0.25) is 0 Å². The van der Waals surface area contributed by atoms with Crippen LogP contribution >= 0.6 is 0 Å². The minimum atomic E-state index is 0.510. The summed E-state index contributed by atoms with van der Waals surface area (Å²) in [5.41, 5.74) is 10.9. The summed E-state index contributed by atoms with van der Waals surface area (Å²) < 4.78 is 0. The molecule has 0 amide bonds. The zero-order chi connectivity index (χ0) is 17.6. The van der Waals surface area contributed by atoms with Crippen molar-refractivity contribution in [2.45, 2.75) is 71.6 Å². The van der Waals surface area contributed by atoms with Gasteiger partial charge in [0.25, 0.3) is 0 Å². The van der Waals surface area contributed by atoms with E-state index in [9.17, 15) is 0 Å². The Morgan fingerprint density at radius 1 is 1.16 bits per heavy atom. The molecule has 3 rings (SSSR count). The summed E-state index contributed by atoms with van der Waals surface area (Å²) in [5.74, 6) is 3.19. The Hall–Kier alpha value is -1.44. The van der Waals surface area contributed by atoms with E-state index in [1.807, 2.05) is 6.08 Å². The van der Waals surface area contributed by atoms with Crippen molar-refractivity contribution in [1.29, 1.82) is 5.53 Å². The molecule has 0 aromatic rings. The number of unbranched alkanes of at least 4 members (excludes halogenated alkanes) is 2. The van der Waals surface area contributed by atoms with Crippen LogP contribution in [0.25, 0.3) is 0 Å². The molecule has 0 aromatic heterocycles. The first kappa shape index (κ1) is 18.4. The average molecular weight is 339 g/mol. The van der Waals surface area contributed by atoms with Gasteiger partial charge in [0.2, 0.25) is 0 Å². The highest BCUT2D eigenvalue weighted by atomic mass is 15.0. The molecule has 1 N–H and O–H groups in total. The Balaban J connectivity index is 1.53. The maximum atomic E-state index is 7.17. The molecule has 0 radical (unpaired) electrons. The molecule has 0 aliphatic heterocycles. The van der Waals surface area contributed by atoms with Crippen LogP contribution in [0.2, 0.25) is 0 Å². The highest BCUT2D eigenvalue weighted by Gasteiger charge is 2.29. The lowest BCUT2D eigenvalue weighted by Crippen LogP contribution is -2.23. The molecule has 1 fully saturated rings. The molecule has 3 aliphatic carbocycles. The first-order chi connectivity index (χ1) is 12.2. The van der Waals surface area contributed by atoms with Crippen LogP contribution < -0.4 is 0 Å². The largest absolute Gasteiger partial charge is 0.204 e. The highest BCUT2D eigenvalue weighted by Crippen LogP contribution is 2.42. The Kier molecular flexibility index (Phi) is 6.45. The van der Waals surface area contributed by atoms with E-state index < -0.39 is 0 Å². The quantitative estimate of drug-likeness (QED) is 0.372. The SMILES string of the molecule is CCCCCC(C)C1CCC(C2=CC=C3C=C(N=N)C=CC3C2)CC1. The third-order valence-corrected chi connectivity index (χ3v) is 6.68. The first-order valence-electron chi connectivity index (χ1n) is 10.4. The van der Waals surface area contributed by atoms with Crippen LogP contribution in [0.4, 0.5) is 0 Å². The predicted octanol–water partition coefficient (Wildman–Crippen LogP) is 7.37. The molecule has 136 valence electrons. The number of allylic oxidation sites excluding steroid dienone is 7. The smallest absolute Gasteiger partial charge is 0.0850 e. The van der Waals surface area contributed by atoms with Crippen LogP contribution in [-0.4, -0.2) is 0 Å². The van der Waals surface area contributed by atoms with E-state index in [0.717, 1.165) is 23.5 Å². The number of nitrogens with zero attached hydrogens (tertiary/aromatic N) is 1. The van der Waals surface area contributed by atoms with Gasteiger partial charge >= 0.3 is 0 Å². The van der Waals surface area contributed by atoms with E-state index in [0.29, 0.717) is 5.92 Å². The van der Waals surface area contributed by atoms with Crippen LogP contribution in [0.3, 0.4) is 0 Å². The second kappa shape index (κ2) is 8.78. The summed E-state index contributed by atoms with van der Waals surface area (Å²) in [6.45, 7) is 4.79. The van der Waals surface area contributed by atoms with Gasteiger partial charge in [-0.1, -0.05) is 63.3 Å². The maximum absolute atomic E-state index is 7.17. The van der Waals surface area contributed by atoms with Crippen molar-refractivity contribution in [2.24, 2.45) is 28.8 Å². The molecule has 2 unspecified atom stereocenters. The fraction of sp³-hybridized carbons (Fsp3) is 0.652. The molecule has 0 bridgehead atoms. The van der Waals surface area contributed by atoms with E-state index >= 15 is 0 Å². The number of nitrogens with one attached hydrogen (secondary N) is 1. The zero-order valence-corrected chi connectivity index (χ0v) is 16.0. The topological polar surface area (TPSA) is 36.2 Å². The third kappa shape index (κ3) is 4.59. The molecule has 2 atom stereocenters. The molecule has 1 saturated carbocycles. The van der Waals surface area contributed by atoms with Gasteiger partial charge in [-0.15, -0.1) is 0 Å². The summed E-state index contributed by atoms with van der Waals surface area (Å²) in [7, 11) is 0. The standard InChI is InChI=1S/C23H34N2/c1-3-4-5-6-17(2)18-7-9-19(10-8-18)20-11-12-22-16-23(25-24)14-13-21(22)15-20/h11-14,16-19,21,24H,3-10,15H2,1-2H3. The minimum Gasteiger partial charge on any atom is -0.204 e. The van der Waals surface area contributed by atoms with Crippen molar-refractivity contribution in [2.75, 3.05) is 0 Å². The third-order valence-electron chi connectivity index (χ3n) is 6.68. The molecule has 3 aliphatic rings. The average Bonchev–Trinajstić information content (AvgIpc) is 2.67. The van der Waals surface area contributed by atoms with Gasteiger partial charge in [-0.25, -0.2) is 5.53 Å². The summed E-state index contributed by atoms with van der Waals surface area (Å²) in [5, 5.41) is 3.56. The van der Waals surface area contributed by atoms with Crippen molar-refractivity contribution < 1.29 is 0 Å². The molecule has 0 saturated heterocycles. The summed E-state index contributed by atoms with van der Waals surface area (Å²) in [6.07, 6.45) is 23.4. The highest BCUT2D eigenvalue weighted by molar-refractivity contribution is 5.44. The van der Waals surface area contributed by atoms with Crippen LogP contribution in [0.15, 0.2) is 52.3 Å². The maximum Gasteiger partial charge on any atom is 0.0850 e. The Morgan fingerprint density at radius 3 is 2.68 bits per heavy atom. The van der Waals surface area contributed by atoms with Gasteiger partial charge in [0.05, 0.1) is 5.70 Å². The molecular weight excluding hydrogens is 304 g/mol. The Labute approximate surface area is 153 Å². The number of hydrogen-bond acceptors (Lipinski definition) is 2. The zero-order valence-electron chi connectivity index (χ0n) is 16.0. The van der Waals surface area contributed by atoms with Crippen LogP contribution in [0.1, 0.15) is 71.6 Å². The summed E-state index contributed by atoms with van der Waals surface area (Å²) >= 11 is 0. The lowest BCUT2D eigenvalue weighted by atomic mass is 9.70. The fourth-order valence-corrected chi connectivity index (χ4v) is 4.92. The predicted molar refractivity (Wildman–Crippen MR) is 105 cm³/mol. The van der Waals surface area contributed by atoms with Gasteiger partial charge < -0.3 is 0 Å². The monoisotopic (exact) mass is 338 g/mol. The van der Waals surface area contributed by atoms with Gasteiger partial charge in [0.1, 0.15) is 0 Å². The van der Waals surface area contributed by atoms with Gasteiger partial charge in [-0.2, -0.15) is 5.11 Å². The van der Waals surface area contributed by atoms with Crippen molar-refractivity contribution in [3.8, 4) is 0 Å². The fourth-order valence-electron chi connectivity index (χ4n) is 4.92. The van der Waals surface area contributed by atoms with Crippen LogP contribution in [0.5, 0.6) is 0 Å².